The first-order chi connectivity index (χ1) is 37.5. The van der Waals surface area contributed by atoms with Gasteiger partial charge in [-0.15, -0.1) is 0 Å². The summed E-state index contributed by atoms with van der Waals surface area (Å²) >= 11 is 0. The fourth-order valence-electron chi connectivity index (χ4n) is 10.9. The van der Waals surface area contributed by atoms with Crippen molar-refractivity contribution >= 4 is 11.9 Å². The molecular formula is C70H135NO5. The van der Waals surface area contributed by atoms with Crippen molar-refractivity contribution in [3.8, 4) is 0 Å². The maximum absolute atomic E-state index is 12.5. The number of allylic oxidation sites excluding steroid dienone is 3. The summed E-state index contributed by atoms with van der Waals surface area (Å²) < 4.78 is 5.48. The summed E-state index contributed by atoms with van der Waals surface area (Å²) in [6, 6.07) is -0.634. The molecule has 450 valence electrons. The van der Waals surface area contributed by atoms with E-state index in [4.69, 9.17) is 4.74 Å². The predicted molar refractivity (Wildman–Crippen MR) is 333 cm³/mol. The van der Waals surface area contributed by atoms with E-state index in [1.165, 1.54) is 315 Å². The van der Waals surface area contributed by atoms with Crippen LogP contribution in [0, 0.1) is 0 Å². The lowest BCUT2D eigenvalue weighted by atomic mass is 10.0. The van der Waals surface area contributed by atoms with Crippen molar-refractivity contribution in [3.05, 3.63) is 24.3 Å². The molecule has 0 bridgehead atoms. The van der Waals surface area contributed by atoms with Crippen molar-refractivity contribution < 1.29 is 24.5 Å². The highest BCUT2D eigenvalue weighted by atomic mass is 16.5. The van der Waals surface area contributed by atoms with E-state index in [-0.39, 0.29) is 18.5 Å². The summed E-state index contributed by atoms with van der Waals surface area (Å²) in [5.74, 6) is -0.0598. The van der Waals surface area contributed by atoms with Gasteiger partial charge in [0, 0.05) is 12.8 Å². The molecule has 0 aliphatic heterocycles. The molecule has 0 aromatic rings. The molecule has 0 radical (unpaired) electrons. The lowest BCUT2D eigenvalue weighted by Gasteiger charge is -2.20. The third-order valence-electron chi connectivity index (χ3n) is 16.2. The molecule has 0 aromatic carbocycles. The minimum Gasteiger partial charge on any atom is -0.466 e. The second-order valence-electron chi connectivity index (χ2n) is 23.9. The summed E-state index contributed by atoms with van der Waals surface area (Å²) in [5, 5.41) is 23.3. The average Bonchev–Trinajstić information content (AvgIpc) is 3.42. The second kappa shape index (κ2) is 65.9. The molecule has 0 spiro atoms. The molecule has 0 saturated carbocycles. The first-order valence-electron chi connectivity index (χ1n) is 34.6. The van der Waals surface area contributed by atoms with Gasteiger partial charge in [0.25, 0.3) is 0 Å². The van der Waals surface area contributed by atoms with Gasteiger partial charge in [-0.05, 0) is 57.8 Å². The third-order valence-corrected chi connectivity index (χ3v) is 16.2. The highest BCUT2D eigenvalue weighted by Crippen LogP contribution is 2.18. The Hall–Kier alpha value is -1.66. The van der Waals surface area contributed by atoms with Crippen LogP contribution in [0.15, 0.2) is 24.3 Å². The SMILES string of the molecule is CCCCCCCCCCCCCCCCCCCCCCCCC/C=C/C(O)C(CO)NC(=O)CCCCCCCCC/C=C\CCCCCCCCCCCCCOC(=O)CCCCCCCCCCCCCC. The Balaban J connectivity index is 3.44. The van der Waals surface area contributed by atoms with E-state index < -0.39 is 12.1 Å². The monoisotopic (exact) mass is 1070 g/mol. The maximum Gasteiger partial charge on any atom is 0.305 e. The predicted octanol–water partition coefficient (Wildman–Crippen LogP) is 22.1. The molecule has 1 amide bonds. The highest BCUT2D eigenvalue weighted by molar-refractivity contribution is 5.76. The molecule has 2 atom stereocenters. The van der Waals surface area contributed by atoms with Crippen LogP contribution in [0.3, 0.4) is 0 Å². The van der Waals surface area contributed by atoms with Crippen molar-refractivity contribution in [2.75, 3.05) is 13.2 Å². The number of esters is 1. The van der Waals surface area contributed by atoms with Gasteiger partial charge >= 0.3 is 5.97 Å². The van der Waals surface area contributed by atoms with Crippen LogP contribution in [0.25, 0.3) is 0 Å². The molecule has 0 aliphatic rings. The Kier molecular flexibility index (Phi) is 64.4. The number of hydrogen-bond donors (Lipinski definition) is 3. The number of rotatable bonds is 65. The number of aliphatic hydroxyl groups is 2. The number of carbonyl (C=O) groups excluding carboxylic acids is 2. The summed E-state index contributed by atoms with van der Waals surface area (Å²) in [6.45, 7) is 4.93. The molecule has 6 nitrogen and oxygen atoms in total. The minimum atomic E-state index is -0.850. The Morgan fingerprint density at radius 2 is 0.618 bits per heavy atom. The third kappa shape index (κ3) is 61.6. The van der Waals surface area contributed by atoms with Crippen LogP contribution in [-0.2, 0) is 14.3 Å². The Morgan fingerprint density at radius 3 is 0.934 bits per heavy atom. The van der Waals surface area contributed by atoms with E-state index in [1.54, 1.807) is 6.08 Å². The number of unbranched alkanes of at least 4 members (excludes halogenated alkanes) is 52. The van der Waals surface area contributed by atoms with Crippen molar-refractivity contribution in [3.63, 3.8) is 0 Å². The Labute approximate surface area is 475 Å². The van der Waals surface area contributed by atoms with Gasteiger partial charge in [-0.1, -0.05) is 340 Å². The first-order valence-corrected chi connectivity index (χ1v) is 34.6. The average molecular weight is 1070 g/mol. The van der Waals surface area contributed by atoms with Gasteiger partial charge in [0.2, 0.25) is 5.91 Å². The number of carbonyl (C=O) groups is 2. The number of aliphatic hydroxyl groups excluding tert-OH is 2. The number of amides is 1. The summed E-state index contributed by atoms with van der Waals surface area (Å²) in [4.78, 5) is 24.6. The van der Waals surface area contributed by atoms with Crippen molar-refractivity contribution in [1.29, 1.82) is 0 Å². The highest BCUT2D eigenvalue weighted by Gasteiger charge is 2.18. The number of ether oxygens (including phenoxy) is 1. The lowest BCUT2D eigenvalue weighted by Crippen LogP contribution is -2.45. The molecule has 0 heterocycles. The van der Waals surface area contributed by atoms with Crippen LogP contribution in [-0.4, -0.2) is 47.4 Å². The zero-order valence-electron chi connectivity index (χ0n) is 51.5. The van der Waals surface area contributed by atoms with E-state index >= 15 is 0 Å². The van der Waals surface area contributed by atoms with Crippen LogP contribution in [0.2, 0.25) is 0 Å². The normalized spacial score (nSPS) is 12.6. The molecule has 0 saturated heterocycles. The topological polar surface area (TPSA) is 95.9 Å². The molecule has 6 heteroatoms. The van der Waals surface area contributed by atoms with Crippen LogP contribution in [0.4, 0.5) is 0 Å². The molecule has 76 heavy (non-hydrogen) atoms. The molecule has 0 aliphatic carbocycles. The van der Waals surface area contributed by atoms with Gasteiger partial charge in [0.05, 0.1) is 25.4 Å². The molecule has 0 rings (SSSR count). The van der Waals surface area contributed by atoms with Gasteiger partial charge in [-0.2, -0.15) is 0 Å². The van der Waals surface area contributed by atoms with E-state index in [2.05, 4.69) is 31.3 Å². The van der Waals surface area contributed by atoms with Crippen LogP contribution < -0.4 is 5.32 Å². The van der Waals surface area contributed by atoms with Gasteiger partial charge in [0.1, 0.15) is 0 Å². The summed E-state index contributed by atoms with van der Waals surface area (Å²) in [6.07, 6.45) is 82.5. The van der Waals surface area contributed by atoms with Gasteiger partial charge in [-0.25, -0.2) is 0 Å². The van der Waals surface area contributed by atoms with Gasteiger partial charge < -0.3 is 20.3 Å². The summed E-state index contributed by atoms with van der Waals surface area (Å²) in [7, 11) is 0. The smallest absolute Gasteiger partial charge is 0.305 e. The first kappa shape index (κ1) is 74.3. The number of hydrogen-bond acceptors (Lipinski definition) is 5. The Bertz CT molecular complexity index is 1190. The number of nitrogens with one attached hydrogen (secondary N) is 1. The van der Waals surface area contributed by atoms with Gasteiger partial charge in [-0.3, -0.25) is 9.59 Å². The van der Waals surface area contributed by atoms with Crippen LogP contribution in [0.1, 0.15) is 386 Å². The van der Waals surface area contributed by atoms with E-state index in [0.29, 0.717) is 19.4 Å². The van der Waals surface area contributed by atoms with Crippen molar-refractivity contribution in [2.24, 2.45) is 0 Å². The van der Waals surface area contributed by atoms with Crippen molar-refractivity contribution in [2.45, 2.75) is 398 Å². The van der Waals surface area contributed by atoms with Crippen molar-refractivity contribution in [1.82, 2.24) is 5.32 Å². The minimum absolute atomic E-state index is 0.0108. The summed E-state index contributed by atoms with van der Waals surface area (Å²) in [5.41, 5.74) is 0. The molecule has 0 aromatic heterocycles. The molecular weight excluding hydrogens is 935 g/mol. The van der Waals surface area contributed by atoms with E-state index in [1.807, 2.05) is 6.08 Å². The van der Waals surface area contributed by atoms with Crippen LogP contribution in [0.5, 0.6) is 0 Å². The van der Waals surface area contributed by atoms with E-state index in [9.17, 15) is 19.8 Å². The molecule has 3 N–H and O–H groups in total. The standard InChI is InChI=1S/C70H135NO5/c1-3-5-7-9-11-13-15-17-18-19-20-21-22-23-24-27-30-33-36-39-42-46-50-54-58-62-68(73)67(66-72)71-69(74)63-59-55-51-47-43-40-37-34-31-28-25-26-29-32-35-38-41-45-49-53-57-61-65-76-70(75)64-60-56-52-48-44-16-14-12-10-8-6-4-2/h28,31,58,62,67-68,72-73H,3-27,29-30,32-57,59-61,63-66H2,1-2H3,(H,71,74)/b31-28-,62-58+. The molecule has 2 unspecified atom stereocenters. The Morgan fingerprint density at radius 1 is 0.355 bits per heavy atom. The quantitative estimate of drug-likeness (QED) is 0.0320. The zero-order chi connectivity index (χ0) is 55.0. The fraction of sp³-hybridized carbons (Fsp3) is 0.914. The zero-order valence-corrected chi connectivity index (χ0v) is 51.5. The fourth-order valence-corrected chi connectivity index (χ4v) is 10.9. The maximum atomic E-state index is 12.5. The largest absolute Gasteiger partial charge is 0.466 e. The van der Waals surface area contributed by atoms with E-state index in [0.717, 1.165) is 44.9 Å². The van der Waals surface area contributed by atoms with Crippen LogP contribution >= 0.6 is 0 Å². The molecule has 0 fully saturated rings. The van der Waals surface area contributed by atoms with Gasteiger partial charge in [0.15, 0.2) is 0 Å². The second-order valence-corrected chi connectivity index (χ2v) is 23.9. The lowest BCUT2D eigenvalue weighted by molar-refractivity contribution is -0.143.